The SMILES string of the molecule is CCC1=CC2=CC=CC(Cl)CC2(C)C(=O)N1c1ccccc1. The van der Waals surface area contributed by atoms with Gasteiger partial charge in [-0.2, -0.15) is 0 Å². The summed E-state index contributed by atoms with van der Waals surface area (Å²) in [7, 11) is 0. The second kappa shape index (κ2) is 5.77. The quantitative estimate of drug-likeness (QED) is 0.716. The Labute approximate surface area is 136 Å². The summed E-state index contributed by atoms with van der Waals surface area (Å²) in [6.07, 6.45) is 9.52. The molecule has 1 aliphatic heterocycles. The third-order valence-electron chi connectivity index (χ3n) is 4.50. The molecule has 1 heterocycles. The van der Waals surface area contributed by atoms with Gasteiger partial charge < -0.3 is 0 Å². The van der Waals surface area contributed by atoms with Crippen molar-refractivity contribution in [1.29, 1.82) is 0 Å². The van der Waals surface area contributed by atoms with E-state index in [-0.39, 0.29) is 11.3 Å². The normalized spacial score (nSPS) is 27.9. The van der Waals surface area contributed by atoms with Crippen molar-refractivity contribution in [3.8, 4) is 0 Å². The number of rotatable bonds is 2. The number of nitrogens with zero attached hydrogens (tertiary/aromatic N) is 1. The highest BCUT2D eigenvalue weighted by Gasteiger charge is 2.45. The van der Waals surface area contributed by atoms with Gasteiger partial charge in [0.05, 0.1) is 10.8 Å². The van der Waals surface area contributed by atoms with Gasteiger partial charge in [0.15, 0.2) is 0 Å². The molecule has 0 fully saturated rings. The fourth-order valence-corrected chi connectivity index (χ4v) is 3.59. The number of hydrogen-bond acceptors (Lipinski definition) is 1. The van der Waals surface area contributed by atoms with Gasteiger partial charge in [0.2, 0.25) is 5.91 Å². The summed E-state index contributed by atoms with van der Waals surface area (Å²) in [6.45, 7) is 4.08. The number of benzene rings is 1. The number of carbonyl (C=O) groups excluding carboxylic acids is 1. The van der Waals surface area contributed by atoms with Gasteiger partial charge in [-0.05, 0) is 43.5 Å². The molecule has 0 radical (unpaired) electrons. The van der Waals surface area contributed by atoms with E-state index in [1.165, 1.54) is 0 Å². The summed E-state index contributed by atoms with van der Waals surface area (Å²) in [4.78, 5) is 15.2. The number of para-hydroxylation sites is 1. The predicted octanol–water partition coefficient (Wildman–Crippen LogP) is 4.83. The van der Waals surface area contributed by atoms with E-state index in [0.717, 1.165) is 23.4 Å². The molecule has 1 aromatic carbocycles. The molecule has 1 amide bonds. The maximum absolute atomic E-state index is 13.3. The number of carbonyl (C=O) groups is 1. The molecule has 3 rings (SSSR count). The maximum Gasteiger partial charge on any atom is 0.241 e. The standard InChI is InChI=1S/C19H20ClNO/c1-3-16-12-14-8-7-9-15(20)13-19(14,2)18(22)21(16)17-10-5-4-6-11-17/h4-12,15H,3,13H2,1-2H3. The van der Waals surface area contributed by atoms with Crippen LogP contribution in [0.3, 0.4) is 0 Å². The lowest BCUT2D eigenvalue weighted by Crippen LogP contribution is -2.47. The van der Waals surface area contributed by atoms with Gasteiger partial charge in [-0.1, -0.05) is 43.4 Å². The number of halogens is 1. The lowest BCUT2D eigenvalue weighted by molar-refractivity contribution is -0.125. The monoisotopic (exact) mass is 313 g/mol. The summed E-state index contributed by atoms with van der Waals surface area (Å²) < 4.78 is 0. The van der Waals surface area contributed by atoms with Gasteiger partial charge in [0.1, 0.15) is 0 Å². The first-order chi connectivity index (χ1) is 10.6. The van der Waals surface area contributed by atoms with Crippen molar-refractivity contribution in [2.45, 2.75) is 32.1 Å². The molecule has 0 N–H and O–H groups in total. The Kier molecular flexibility index (Phi) is 3.96. The minimum absolute atomic E-state index is 0.110. The molecule has 2 nitrogen and oxygen atoms in total. The summed E-state index contributed by atoms with van der Waals surface area (Å²) in [5.74, 6) is 0.110. The van der Waals surface area contributed by atoms with Crippen LogP contribution in [-0.4, -0.2) is 11.3 Å². The lowest BCUT2D eigenvalue weighted by Gasteiger charge is -2.41. The first-order valence-electron chi connectivity index (χ1n) is 7.69. The van der Waals surface area contributed by atoms with Gasteiger partial charge in [-0.25, -0.2) is 0 Å². The van der Waals surface area contributed by atoms with Crippen LogP contribution in [0.2, 0.25) is 0 Å². The molecule has 0 saturated heterocycles. The van der Waals surface area contributed by atoms with Crippen LogP contribution >= 0.6 is 11.6 Å². The fourth-order valence-electron chi connectivity index (χ4n) is 3.20. The van der Waals surface area contributed by atoms with Crippen molar-refractivity contribution in [2.75, 3.05) is 4.90 Å². The Balaban J connectivity index is 2.14. The third-order valence-corrected chi connectivity index (χ3v) is 4.80. The molecule has 22 heavy (non-hydrogen) atoms. The Morgan fingerprint density at radius 2 is 2.05 bits per heavy atom. The Bertz CT molecular complexity index is 674. The smallest absolute Gasteiger partial charge is 0.241 e. The van der Waals surface area contributed by atoms with Crippen LogP contribution in [0.15, 0.2) is 65.9 Å². The molecule has 0 aromatic heterocycles. The number of alkyl halides is 1. The third kappa shape index (κ3) is 2.42. The minimum atomic E-state index is -0.579. The zero-order chi connectivity index (χ0) is 15.7. The summed E-state index contributed by atoms with van der Waals surface area (Å²) in [5.41, 5.74) is 2.43. The molecular formula is C19H20ClNO. The average Bonchev–Trinajstić information content (AvgIpc) is 2.66. The number of amides is 1. The van der Waals surface area contributed by atoms with Gasteiger partial charge in [0, 0.05) is 11.4 Å². The maximum atomic E-state index is 13.3. The first kappa shape index (κ1) is 15.1. The van der Waals surface area contributed by atoms with E-state index in [2.05, 4.69) is 13.0 Å². The molecule has 2 aliphatic rings. The molecule has 0 bridgehead atoms. The summed E-state index contributed by atoms with van der Waals surface area (Å²) in [5, 5.41) is -0.128. The van der Waals surface area contributed by atoms with E-state index in [1.54, 1.807) is 0 Å². The predicted molar refractivity (Wildman–Crippen MR) is 91.9 cm³/mol. The van der Waals surface area contributed by atoms with Crippen LogP contribution in [0, 0.1) is 5.41 Å². The minimum Gasteiger partial charge on any atom is -0.284 e. The largest absolute Gasteiger partial charge is 0.284 e. The topological polar surface area (TPSA) is 20.3 Å². The number of allylic oxidation sites excluding steroid dienone is 5. The number of hydrogen-bond donors (Lipinski definition) is 0. The average molecular weight is 314 g/mol. The molecule has 3 heteroatoms. The highest BCUT2D eigenvalue weighted by atomic mass is 35.5. The van der Waals surface area contributed by atoms with Crippen LogP contribution in [0.5, 0.6) is 0 Å². The van der Waals surface area contributed by atoms with Crippen LogP contribution in [0.1, 0.15) is 26.7 Å². The molecule has 2 atom stereocenters. The fraction of sp³-hybridized carbons (Fsp3) is 0.316. The molecule has 1 aliphatic carbocycles. The molecule has 0 spiro atoms. The van der Waals surface area contributed by atoms with E-state index in [9.17, 15) is 4.79 Å². The van der Waals surface area contributed by atoms with Crippen molar-refractivity contribution >= 4 is 23.2 Å². The highest BCUT2D eigenvalue weighted by Crippen LogP contribution is 2.44. The highest BCUT2D eigenvalue weighted by molar-refractivity contribution is 6.22. The van der Waals surface area contributed by atoms with Crippen molar-refractivity contribution < 1.29 is 4.79 Å². The molecule has 2 unspecified atom stereocenters. The van der Waals surface area contributed by atoms with Gasteiger partial charge >= 0.3 is 0 Å². The van der Waals surface area contributed by atoms with Crippen LogP contribution < -0.4 is 4.90 Å². The molecule has 114 valence electrons. The van der Waals surface area contributed by atoms with E-state index in [1.807, 2.05) is 60.4 Å². The van der Waals surface area contributed by atoms with E-state index < -0.39 is 5.41 Å². The van der Waals surface area contributed by atoms with Gasteiger partial charge in [0.25, 0.3) is 0 Å². The van der Waals surface area contributed by atoms with E-state index in [4.69, 9.17) is 11.6 Å². The molecular weight excluding hydrogens is 294 g/mol. The zero-order valence-corrected chi connectivity index (χ0v) is 13.7. The van der Waals surface area contributed by atoms with Crippen molar-refractivity contribution in [2.24, 2.45) is 5.41 Å². The van der Waals surface area contributed by atoms with E-state index >= 15 is 0 Å². The first-order valence-corrected chi connectivity index (χ1v) is 8.13. The van der Waals surface area contributed by atoms with Crippen molar-refractivity contribution in [3.05, 3.63) is 65.9 Å². The van der Waals surface area contributed by atoms with Crippen LogP contribution in [0.4, 0.5) is 5.69 Å². The number of fused-ring (bicyclic) bond motifs is 1. The molecule has 1 aromatic rings. The Hall–Kier alpha value is -1.80. The lowest BCUT2D eigenvalue weighted by atomic mass is 9.74. The zero-order valence-electron chi connectivity index (χ0n) is 12.9. The second-order valence-electron chi connectivity index (χ2n) is 6.02. The number of anilines is 1. The summed E-state index contributed by atoms with van der Waals surface area (Å²) >= 11 is 6.35. The van der Waals surface area contributed by atoms with Crippen molar-refractivity contribution in [3.63, 3.8) is 0 Å². The van der Waals surface area contributed by atoms with Gasteiger partial charge in [-0.3, -0.25) is 9.69 Å². The Morgan fingerprint density at radius 3 is 2.73 bits per heavy atom. The summed E-state index contributed by atoms with van der Waals surface area (Å²) in [6, 6.07) is 9.84. The van der Waals surface area contributed by atoms with Crippen molar-refractivity contribution in [1.82, 2.24) is 0 Å². The second-order valence-corrected chi connectivity index (χ2v) is 6.59. The van der Waals surface area contributed by atoms with Gasteiger partial charge in [-0.15, -0.1) is 11.6 Å². The van der Waals surface area contributed by atoms with E-state index in [0.29, 0.717) is 6.42 Å². The van der Waals surface area contributed by atoms with Crippen LogP contribution in [0.25, 0.3) is 0 Å². The molecule has 0 saturated carbocycles. The Morgan fingerprint density at radius 1 is 1.32 bits per heavy atom. The van der Waals surface area contributed by atoms with Crippen LogP contribution in [-0.2, 0) is 4.79 Å².